The molecule has 104 valence electrons. The fraction of sp³-hybridized carbons (Fsp3) is 0.200. The lowest BCUT2D eigenvalue weighted by Gasteiger charge is -2.05. The second kappa shape index (κ2) is 6.68. The summed E-state index contributed by atoms with van der Waals surface area (Å²) in [6.07, 6.45) is 0.842. The number of phenols is 1. The molecule has 0 bridgehead atoms. The van der Waals surface area contributed by atoms with Gasteiger partial charge in [-0.3, -0.25) is 10.1 Å². The molecular weight excluding hydrogens is 256 g/mol. The molecule has 2 N–H and O–H groups in total. The molecule has 0 heterocycles. The van der Waals surface area contributed by atoms with Crippen molar-refractivity contribution in [3.8, 4) is 5.75 Å². The first-order chi connectivity index (χ1) is 9.65. The fourth-order valence-electron chi connectivity index (χ4n) is 1.91. The SMILES string of the molecule is O=[N+]([O-])c1cccc(CNCCc2ccc(O)cc2)c1. The van der Waals surface area contributed by atoms with Gasteiger partial charge in [-0.05, 0) is 36.2 Å². The van der Waals surface area contributed by atoms with E-state index in [0.29, 0.717) is 6.54 Å². The smallest absolute Gasteiger partial charge is 0.269 e. The number of nitro benzene ring substituents is 1. The highest BCUT2D eigenvalue weighted by atomic mass is 16.6. The molecule has 0 saturated carbocycles. The number of benzene rings is 2. The summed E-state index contributed by atoms with van der Waals surface area (Å²) in [5, 5.41) is 23.1. The average Bonchev–Trinajstić information content (AvgIpc) is 2.46. The predicted octanol–water partition coefficient (Wildman–Crippen LogP) is 2.63. The Balaban J connectivity index is 1.79. The van der Waals surface area contributed by atoms with Crippen LogP contribution in [0.5, 0.6) is 5.75 Å². The summed E-state index contributed by atoms with van der Waals surface area (Å²) in [5.74, 6) is 0.262. The van der Waals surface area contributed by atoms with Gasteiger partial charge in [0, 0.05) is 18.7 Å². The highest BCUT2D eigenvalue weighted by molar-refractivity contribution is 5.34. The molecule has 0 atom stereocenters. The summed E-state index contributed by atoms with van der Waals surface area (Å²) in [6, 6.07) is 13.7. The second-order valence-electron chi connectivity index (χ2n) is 4.52. The van der Waals surface area contributed by atoms with Crippen LogP contribution in [-0.2, 0) is 13.0 Å². The monoisotopic (exact) mass is 272 g/mol. The zero-order valence-corrected chi connectivity index (χ0v) is 11.0. The third kappa shape index (κ3) is 4.07. The van der Waals surface area contributed by atoms with Crippen LogP contribution >= 0.6 is 0 Å². The van der Waals surface area contributed by atoms with Gasteiger partial charge in [-0.15, -0.1) is 0 Å². The second-order valence-corrected chi connectivity index (χ2v) is 4.52. The lowest BCUT2D eigenvalue weighted by molar-refractivity contribution is -0.384. The first-order valence-corrected chi connectivity index (χ1v) is 6.37. The Labute approximate surface area is 117 Å². The summed E-state index contributed by atoms with van der Waals surface area (Å²) < 4.78 is 0. The molecule has 0 aliphatic heterocycles. The van der Waals surface area contributed by atoms with Crippen molar-refractivity contribution in [3.63, 3.8) is 0 Å². The fourth-order valence-corrected chi connectivity index (χ4v) is 1.91. The Morgan fingerprint density at radius 1 is 1.10 bits per heavy atom. The number of aromatic hydroxyl groups is 1. The van der Waals surface area contributed by atoms with Gasteiger partial charge in [0.05, 0.1) is 4.92 Å². The molecule has 5 nitrogen and oxygen atoms in total. The van der Waals surface area contributed by atoms with Gasteiger partial charge >= 0.3 is 0 Å². The van der Waals surface area contributed by atoms with E-state index in [-0.39, 0.29) is 16.4 Å². The van der Waals surface area contributed by atoms with Gasteiger partial charge in [-0.2, -0.15) is 0 Å². The molecule has 0 radical (unpaired) electrons. The van der Waals surface area contributed by atoms with Crippen molar-refractivity contribution in [1.29, 1.82) is 0 Å². The van der Waals surface area contributed by atoms with Gasteiger partial charge in [0.2, 0.25) is 0 Å². The molecule has 0 fully saturated rings. The van der Waals surface area contributed by atoms with E-state index < -0.39 is 0 Å². The standard InChI is InChI=1S/C15H16N2O3/c18-15-6-4-12(5-7-15)8-9-16-11-13-2-1-3-14(10-13)17(19)20/h1-7,10,16,18H,8-9,11H2. The molecular formula is C15H16N2O3. The molecule has 5 heteroatoms. The number of nitro groups is 1. The summed E-state index contributed by atoms with van der Waals surface area (Å²) in [5.41, 5.74) is 2.14. The van der Waals surface area contributed by atoms with E-state index >= 15 is 0 Å². The Hall–Kier alpha value is -2.40. The largest absolute Gasteiger partial charge is 0.508 e. The maximum Gasteiger partial charge on any atom is 0.269 e. The maximum absolute atomic E-state index is 10.7. The van der Waals surface area contributed by atoms with Crippen molar-refractivity contribution < 1.29 is 10.0 Å². The molecule has 2 aromatic rings. The van der Waals surface area contributed by atoms with Crippen molar-refractivity contribution in [1.82, 2.24) is 5.32 Å². The number of nitrogens with zero attached hydrogens (tertiary/aromatic N) is 1. The molecule has 0 unspecified atom stereocenters. The molecule has 0 aromatic heterocycles. The van der Waals surface area contributed by atoms with E-state index in [0.717, 1.165) is 24.1 Å². The van der Waals surface area contributed by atoms with Crippen molar-refractivity contribution in [2.45, 2.75) is 13.0 Å². The lowest BCUT2D eigenvalue weighted by atomic mass is 10.1. The summed E-state index contributed by atoms with van der Waals surface area (Å²) >= 11 is 0. The quantitative estimate of drug-likeness (QED) is 0.481. The minimum absolute atomic E-state index is 0.114. The van der Waals surface area contributed by atoms with Gasteiger partial charge in [-0.1, -0.05) is 24.3 Å². The van der Waals surface area contributed by atoms with Crippen LogP contribution in [0.2, 0.25) is 0 Å². The summed E-state index contributed by atoms with van der Waals surface area (Å²) in [6.45, 7) is 1.37. The Kier molecular flexibility index (Phi) is 4.68. The first-order valence-electron chi connectivity index (χ1n) is 6.37. The Morgan fingerprint density at radius 3 is 2.55 bits per heavy atom. The molecule has 0 aliphatic rings. The van der Waals surface area contributed by atoms with Crippen LogP contribution in [0.1, 0.15) is 11.1 Å². The summed E-state index contributed by atoms with van der Waals surface area (Å²) in [7, 11) is 0. The number of nitrogens with one attached hydrogen (secondary N) is 1. The van der Waals surface area contributed by atoms with E-state index in [1.807, 2.05) is 18.2 Å². The van der Waals surface area contributed by atoms with Crippen LogP contribution < -0.4 is 5.32 Å². The van der Waals surface area contributed by atoms with E-state index in [1.54, 1.807) is 24.3 Å². The van der Waals surface area contributed by atoms with Crippen molar-refractivity contribution in [3.05, 3.63) is 69.8 Å². The number of rotatable bonds is 6. The molecule has 20 heavy (non-hydrogen) atoms. The van der Waals surface area contributed by atoms with Crippen molar-refractivity contribution in [2.75, 3.05) is 6.54 Å². The van der Waals surface area contributed by atoms with Crippen molar-refractivity contribution >= 4 is 5.69 Å². The average molecular weight is 272 g/mol. The first kappa shape index (κ1) is 14.0. The maximum atomic E-state index is 10.7. The topological polar surface area (TPSA) is 75.4 Å². The third-order valence-corrected chi connectivity index (χ3v) is 2.98. The van der Waals surface area contributed by atoms with Gasteiger partial charge in [0.1, 0.15) is 5.75 Å². The lowest BCUT2D eigenvalue weighted by Crippen LogP contribution is -2.16. The summed E-state index contributed by atoms with van der Waals surface area (Å²) in [4.78, 5) is 10.3. The van der Waals surface area contributed by atoms with Gasteiger partial charge in [0.25, 0.3) is 5.69 Å². The molecule has 0 spiro atoms. The van der Waals surface area contributed by atoms with Crippen LogP contribution in [0.4, 0.5) is 5.69 Å². The van der Waals surface area contributed by atoms with E-state index in [9.17, 15) is 15.2 Å². The Morgan fingerprint density at radius 2 is 1.85 bits per heavy atom. The predicted molar refractivity (Wildman–Crippen MR) is 76.6 cm³/mol. The number of hydrogen-bond donors (Lipinski definition) is 2. The molecule has 0 aliphatic carbocycles. The van der Waals surface area contributed by atoms with Crippen LogP contribution in [0, 0.1) is 10.1 Å². The van der Waals surface area contributed by atoms with Gasteiger partial charge < -0.3 is 10.4 Å². The van der Waals surface area contributed by atoms with Crippen LogP contribution in [0.15, 0.2) is 48.5 Å². The van der Waals surface area contributed by atoms with Gasteiger partial charge in [0.15, 0.2) is 0 Å². The Bertz CT molecular complexity index is 582. The minimum atomic E-state index is -0.389. The van der Waals surface area contributed by atoms with E-state index in [1.165, 1.54) is 6.07 Å². The molecule has 2 aromatic carbocycles. The van der Waals surface area contributed by atoms with Crippen LogP contribution in [0.3, 0.4) is 0 Å². The number of non-ortho nitro benzene ring substituents is 1. The van der Waals surface area contributed by atoms with Gasteiger partial charge in [-0.25, -0.2) is 0 Å². The van der Waals surface area contributed by atoms with Crippen LogP contribution in [0.25, 0.3) is 0 Å². The van der Waals surface area contributed by atoms with E-state index in [2.05, 4.69) is 5.32 Å². The van der Waals surface area contributed by atoms with Crippen molar-refractivity contribution in [2.24, 2.45) is 0 Å². The normalized spacial score (nSPS) is 10.4. The highest BCUT2D eigenvalue weighted by Crippen LogP contribution is 2.13. The van der Waals surface area contributed by atoms with Crippen LogP contribution in [-0.4, -0.2) is 16.6 Å². The zero-order valence-electron chi connectivity index (χ0n) is 11.0. The molecule has 0 amide bonds. The molecule has 0 saturated heterocycles. The zero-order chi connectivity index (χ0) is 14.4. The number of hydrogen-bond acceptors (Lipinski definition) is 4. The minimum Gasteiger partial charge on any atom is -0.508 e. The third-order valence-electron chi connectivity index (χ3n) is 2.98. The molecule has 2 rings (SSSR count). The number of phenolic OH excluding ortho intramolecular Hbond substituents is 1. The van der Waals surface area contributed by atoms with E-state index in [4.69, 9.17) is 0 Å². The highest BCUT2D eigenvalue weighted by Gasteiger charge is 2.04.